The van der Waals surface area contributed by atoms with Gasteiger partial charge in [-0.2, -0.15) is 0 Å². The molecule has 0 amide bonds. The minimum absolute atomic E-state index is 0.0763. The van der Waals surface area contributed by atoms with Gasteiger partial charge in [0.25, 0.3) is 0 Å². The standard InChI is InChI=1S/C11H13BrClNO2/c12-9-6-14-10(13)5-8(9)7-16-11-3-1-2-4-15-11/h5-6,11H,1-4,7H2. The lowest BCUT2D eigenvalue weighted by Gasteiger charge is -2.22. The van der Waals surface area contributed by atoms with Gasteiger partial charge >= 0.3 is 0 Å². The Morgan fingerprint density at radius 3 is 3.19 bits per heavy atom. The monoisotopic (exact) mass is 305 g/mol. The van der Waals surface area contributed by atoms with E-state index in [4.69, 9.17) is 21.1 Å². The molecule has 0 aromatic carbocycles. The summed E-state index contributed by atoms with van der Waals surface area (Å²) in [4.78, 5) is 3.97. The Balaban J connectivity index is 1.90. The molecule has 0 saturated carbocycles. The molecule has 2 heterocycles. The lowest BCUT2D eigenvalue weighted by Crippen LogP contribution is -2.22. The summed E-state index contributed by atoms with van der Waals surface area (Å²) in [5, 5.41) is 0.478. The number of pyridine rings is 1. The van der Waals surface area contributed by atoms with Crippen molar-refractivity contribution in [1.29, 1.82) is 0 Å². The van der Waals surface area contributed by atoms with E-state index in [9.17, 15) is 0 Å². The molecule has 3 nitrogen and oxygen atoms in total. The molecule has 0 bridgehead atoms. The van der Waals surface area contributed by atoms with Crippen LogP contribution in [0.1, 0.15) is 24.8 Å². The summed E-state index contributed by atoms with van der Waals surface area (Å²) in [6.45, 7) is 1.29. The van der Waals surface area contributed by atoms with E-state index < -0.39 is 0 Å². The van der Waals surface area contributed by atoms with Crippen molar-refractivity contribution in [3.05, 3.63) is 27.5 Å². The predicted molar refractivity (Wildman–Crippen MR) is 65.3 cm³/mol. The van der Waals surface area contributed by atoms with Crippen LogP contribution in [0.2, 0.25) is 5.15 Å². The quantitative estimate of drug-likeness (QED) is 0.800. The SMILES string of the molecule is Clc1cc(COC2CCCCO2)c(Br)cn1. The molecule has 0 spiro atoms. The fraction of sp³-hybridized carbons (Fsp3) is 0.545. The van der Waals surface area contributed by atoms with Gasteiger partial charge in [-0.15, -0.1) is 0 Å². The molecule has 1 aromatic rings. The van der Waals surface area contributed by atoms with Crippen LogP contribution in [0.25, 0.3) is 0 Å². The van der Waals surface area contributed by atoms with Gasteiger partial charge in [0.2, 0.25) is 0 Å². The van der Waals surface area contributed by atoms with E-state index in [1.165, 1.54) is 6.42 Å². The summed E-state index contributed by atoms with van der Waals surface area (Å²) in [5.41, 5.74) is 0.995. The second-order valence-electron chi connectivity index (χ2n) is 3.71. The van der Waals surface area contributed by atoms with Crippen LogP contribution >= 0.6 is 27.5 Å². The van der Waals surface area contributed by atoms with E-state index in [0.29, 0.717) is 11.8 Å². The maximum absolute atomic E-state index is 5.82. The molecule has 0 aliphatic carbocycles. The normalized spacial score (nSPS) is 21.0. The first-order valence-electron chi connectivity index (χ1n) is 5.29. The maximum Gasteiger partial charge on any atom is 0.158 e. The molecular weight excluding hydrogens is 293 g/mol. The largest absolute Gasteiger partial charge is 0.353 e. The number of hydrogen-bond acceptors (Lipinski definition) is 3. The van der Waals surface area contributed by atoms with Crippen LogP contribution in [-0.2, 0) is 16.1 Å². The molecule has 88 valence electrons. The van der Waals surface area contributed by atoms with Crippen LogP contribution in [0.15, 0.2) is 16.7 Å². The highest BCUT2D eigenvalue weighted by molar-refractivity contribution is 9.10. The Bertz CT molecular complexity index is 356. The highest BCUT2D eigenvalue weighted by atomic mass is 79.9. The Labute approximate surface area is 108 Å². The van der Waals surface area contributed by atoms with E-state index in [-0.39, 0.29) is 6.29 Å². The third-order valence-corrected chi connectivity index (χ3v) is 3.38. The second-order valence-corrected chi connectivity index (χ2v) is 4.95. The van der Waals surface area contributed by atoms with E-state index >= 15 is 0 Å². The van der Waals surface area contributed by atoms with Gasteiger partial charge < -0.3 is 9.47 Å². The van der Waals surface area contributed by atoms with Crippen LogP contribution in [0.3, 0.4) is 0 Å². The van der Waals surface area contributed by atoms with Gasteiger partial charge in [-0.05, 0) is 46.8 Å². The zero-order valence-electron chi connectivity index (χ0n) is 8.79. The van der Waals surface area contributed by atoms with Crippen molar-refractivity contribution in [3.63, 3.8) is 0 Å². The first kappa shape index (κ1) is 12.3. The van der Waals surface area contributed by atoms with E-state index in [1.54, 1.807) is 12.3 Å². The summed E-state index contributed by atoms with van der Waals surface area (Å²) >= 11 is 9.23. The number of rotatable bonds is 3. The molecule has 5 heteroatoms. The fourth-order valence-electron chi connectivity index (χ4n) is 1.59. The third-order valence-electron chi connectivity index (χ3n) is 2.46. The third kappa shape index (κ3) is 3.42. The molecule has 1 saturated heterocycles. The molecule has 1 fully saturated rings. The first-order chi connectivity index (χ1) is 7.75. The van der Waals surface area contributed by atoms with Gasteiger partial charge in [0.1, 0.15) is 5.15 Å². The van der Waals surface area contributed by atoms with Crippen molar-refractivity contribution in [2.24, 2.45) is 0 Å². The smallest absolute Gasteiger partial charge is 0.158 e. The van der Waals surface area contributed by atoms with Gasteiger partial charge in [-0.25, -0.2) is 4.98 Å². The Morgan fingerprint density at radius 2 is 2.44 bits per heavy atom. The van der Waals surface area contributed by atoms with Gasteiger partial charge in [-0.3, -0.25) is 0 Å². The molecular formula is C11H13BrClNO2. The van der Waals surface area contributed by atoms with Crippen LogP contribution in [0.4, 0.5) is 0 Å². The van der Waals surface area contributed by atoms with Crippen LogP contribution in [0.5, 0.6) is 0 Å². The summed E-state index contributed by atoms with van der Waals surface area (Å²) in [5.74, 6) is 0. The zero-order valence-corrected chi connectivity index (χ0v) is 11.1. The van der Waals surface area contributed by atoms with Crippen molar-refractivity contribution < 1.29 is 9.47 Å². The number of ether oxygens (including phenoxy) is 2. The van der Waals surface area contributed by atoms with Gasteiger partial charge in [-0.1, -0.05) is 11.6 Å². The van der Waals surface area contributed by atoms with Gasteiger partial charge in [0.05, 0.1) is 6.61 Å². The van der Waals surface area contributed by atoms with E-state index in [0.717, 1.165) is 29.5 Å². The Hall–Kier alpha value is -0.160. The lowest BCUT2D eigenvalue weighted by atomic mass is 10.2. The molecule has 0 N–H and O–H groups in total. The van der Waals surface area contributed by atoms with Crippen molar-refractivity contribution in [1.82, 2.24) is 4.98 Å². The maximum atomic E-state index is 5.82. The average Bonchev–Trinajstić information content (AvgIpc) is 2.32. The van der Waals surface area contributed by atoms with Crippen molar-refractivity contribution >= 4 is 27.5 Å². The topological polar surface area (TPSA) is 31.4 Å². The minimum Gasteiger partial charge on any atom is -0.353 e. The van der Waals surface area contributed by atoms with Crippen molar-refractivity contribution in [2.45, 2.75) is 32.2 Å². The molecule has 0 radical (unpaired) electrons. The lowest BCUT2D eigenvalue weighted by molar-refractivity contribution is -0.169. The fourth-order valence-corrected chi connectivity index (χ4v) is 2.10. The van der Waals surface area contributed by atoms with Crippen LogP contribution in [0, 0.1) is 0 Å². The van der Waals surface area contributed by atoms with Crippen LogP contribution in [-0.4, -0.2) is 17.9 Å². The van der Waals surface area contributed by atoms with E-state index in [2.05, 4.69) is 20.9 Å². The minimum atomic E-state index is -0.0763. The molecule has 16 heavy (non-hydrogen) atoms. The average molecular weight is 307 g/mol. The summed E-state index contributed by atoms with van der Waals surface area (Å²) in [6, 6.07) is 1.80. The Morgan fingerprint density at radius 1 is 1.56 bits per heavy atom. The van der Waals surface area contributed by atoms with Crippen molar-refractivity contribution in [3.8, 4) is 0 Å². The van der Waals surface area contributed by atoms with Crippen molar-refractivity contribution in [2.75, 3.05) is 6.61 Å². The predicted octanol–water partition coefficient (Wildman–Crippen LogP) is 3.54. The van der Waals surface area contributed by atoms with Crippen LogP contribution < -0.4 is 0 Å². The summed E-state index contributed by atoms with van der Waals surface area (Å²) < 4.78 is 12.1. The molecule has 1 aliphatic rings. The molecule has 1 atom stereocenters. The molecule has 2 rings (SSSR count). The first-order valence-corrected chi connectivity index (χ1v) is 6.46. The molecule has 1 aliphatic heterocycles. The second kappa shape index (κ2) is 5.96. The summed E-state index contributed by atoms with van der Waals surface area (Å²) in [6.07, 6.45) is 4.87. The molecule has 1 unspecified atom stereocenters. The van der Waals surface area contributed by atoms with Gasteiger partial charge in [0, 0.05) is 17.3 Å². The highest BCUT2D eigenvalue weighted by Crippen LogP contribution is 2.21. The Kier molecular flexibility index (Phi) is 4.58. The number of aromatic nitrogens is 1. The molecule has 1 aromatic heterocycles. The zero-order chi connectivity index (χ0) is 11.4. The van der Waals surface area contributed by atoms with E-state index in [1.807, 2.05) is 0 Å². The highest BCUT2D eigenvalue weighted by Gasteiger charge is 2.14. The number of nitrogens with zero attached hydrogens (tertiary/aromatic N) is 1. The van der Waals surface area contributed by atoms with Gasteiger partial charge in [0.15, 0.2) is 6.29 Å². The number of hydrogen-bond donors (Lipinski definition) is 0. The summed E-state index contributed by atoms with van der Waals surface area (Å²) in [7, 11) is 0. The number of halogens is 2.